The van der Waals surface area contributed by atoms with Gasteiger partial charge in [0.1, 0.15) is 6.33 Å². The van der Waals surface area contributed by atoms with E-state index in [9.17, 15) is 4.79 Å². The van der Waals surface area contributed by atoms with Crippen molar-refractivity contribution in [2.45, 2.75) is 20.3 Å². The van der Waals surface area contributed by atoms with Crippen LogP contribution < -0.4 is 0 Å². The van der Waals surface area contributed by atoms with Crippen molar-refractivity contribution < 1.29 is 4.79 Å². The number of hydrogen-bond donors (Lipinski definition) is 0. The van der Waals surface area contributed by atoms with Gasteiger partial charge < -0.3 is 9.80 Å². The van der Waals surface area contributed by atoms with Gasteiger partial charge >= 0.3 is 0 Å². The first kappa shape index (κ1) is 13.5. The van der Waals surface area contributed by atoms with Gasteiger partial charge in [0.2, 0.25) is 5.82 Å². The van der Waals surface area contributed by atoms with Crippen LogP contribution in [0.25, 0.3) is 0 Å². The second kappa shape index (κ2) is 4.84. The fourth-order valence-electron chi connectivity index (χ4n) is 3.44. The van der Waals surface area contributed by atoms with Crippen LogP contribution in [-0.2, 0) is 7.05 Å². The molecule has 2 aliphatic heterocycles. The maximum atomic E-state index is 12.2. The summed E-state index contributed by atoms with van der Waals surface area (Å²) in [5.41, 5.74) is 0.333. The second-order valence-electron chi connectivity index (χ2n) is 6.78. The summed E-state index contributed by atoms with van der Waals surface area (Å²) in [6, 6.07) is 0. The summed E-state index contributed by atoms with van der Waals surface area (Å²) in [5, 5.41) is 4.09. The molecule has 0 radical (unpaired) electrons. The number of rotatable bonds is 3. The molecule has 2 aliphatic rings. The van der Waals surface area contributed by atoms with Crippen molar-refractivity contribution in [1.82, 2.24) is 24.6 Å². The van der Waals surface area contributed by atoms with Crippen molar-refractivity contribution in [2.24, 2.45) is 18.4 Å². The van der Waals surface area contributed by atoms with E-state index < -0.39 is 0 Å². The quantitative estimate of drug-likeness (QED) is 0.813. The molecular weight excluding hydrogens is 254 g/mol. The summed E-state index contributed by atoms with van der Waals surface area (Å²) < 4.78 is 1.57. The number of amides is 1. The van der Waals surface area contributed by atoms with E-state index in [1.807, 2.05) is 4.90 Å². The number of aromatic nitrogens is 3. The van der Waals surface area contributed by atoms with E-state index in [-0.39, 0.29) is 5.91 Å². The van der Waals surface area contributed by atoms with Crippen molar-refractivity contribution in [2.75, 3.05) is 32.7 Å². The number of aryl methyl sites for hydroxylation is 1. The lowest BCUT2D eigenvalue weighted by Crippen LogP contribution is -2.59. The molecule has 0 bridgehead atoms. The first-order chi connectivity index (χ1) is 9.47. The first-order valence-electron chi connectivity index (χ1n) is 7.35. The fourth-order valence-corrected chi connectivity index (χ4v) is 3.44. The smallest absolute Gasteiger partial charge is 0.293 e. The van der Waals surface area contributed by atoms with E-state index in [1.165, 1.54) is 13.0 Å². The van der Waals surface area contributed by atoms with Crippen molar-refractivity contribution in [3.63, 3.8) is 0 Å². The summed E-state index contributed by atoms with van der Waals surface area (Å²) in [7, 11) is 1.78. The highest BCUT2D eigenvalue weighted by Gasteiger charge is 2.49. The molecule has 1 aromatic heterocycles. The van der Waals surface area contributed by atoms with Gasteiger partial charge in [-0.3, -0.25) is 9.48 Å². The largest absolute Gasteiger partial charge is 0.335 e. The standard InChI is InChI=1S/C14H23N5O/c1-11(2)6-18-5-4-14(7-18)8-19(9-14)13(20)12-15-10-17(3)16-12/h10-11H,4-9H2,1-3H3. The van der Waals surface area contributed by atoms with Gasteiger partial charge in [-0.2, -0.15) is 0 Å². The Labute approximate surface area is 119 Å². The zero-order valence-electron chi connectivity index (χ0n) is 12.5. The third kappa shape index (κ3) is 2.44. The highest BCUT2D eigenvalue weighted by Crippen LogP contribution is 2.40. The monoisotopic (exact) mass is 277 g/mol. The third-order valence-corrected chi connectivity index (χ3v) is 4.27. The second-order valence-corrected chi connectivity index (χ2v) is 6.78. The van der Waals surface area contributed by atoms with E-state index in [1.54, 1.807) is 18.1 Å². The van der Waals surface area contributed by atoms with Crippen molar-refractivity contribution in [3.05, 3.63) is 12.2 Å². The lowest BCUT2D eigenvalue weighted by atomic mass is 9.79. The number of carbonyl (C=O) groups is 1. The van der Waals surface area contributed by atoms with Crippen LogP contribution >= 0.6 is 0 Å². The van der Waals surface area contributed by atoms with E-state index in [2.05, 4.69) is 28.8 Å². The molecule has 6 nitrogen and oxygen atoms in total. The van der Waals surface area contributed by atoms with E-state index in [0.29, 0.717) is 17.2 Å². The molecule has 1 aromatic rings. The Kier molecular flexibility index (Phi) is 3.28. The molecule has 1 spiro atoms. The van der Waals surface area contributed by atoms with Crippen molar-refractivity contribution in [3.8, 4) is 0 Å². The van der Waals surface area contributed by atoms with Crippen LogP contribution in [0, 0.1) is 11.3 Å². The number of likely N-dealkylation sites (tertiary alicyclic amines) is 2. The molecule has 0 atom stereocenters. The molecule has 6 heteroatoms. The van der Waals surface area contributed by atoms with Gasteiger partial charge in [-0.05, 0) is 18.9 Å². The topological polar surface area (TPSA) is 54.3 Å². The molecular formula is C14H23N5O. The predicted molar refractivity (Wildman–Crippen MR) is 75.2 cm³/mol. The van der Waals surface area contributed by atoms with Gasteiger partial charge in [-0.15, -0.1) is 5.10 Å². The first-order valence-corrected chi connectivity index (χ1v) is 7.35. The number of carbonyl (C=O) groups excluding carboxylic acids is 1. The minimum absolute atomic E-state index is 0.0291. The van der Waals surface area contributed by atoms with Gasteiger partial charge in [0.15, 0.2) is 0 Å². The third-order valence-electron chi connectivity index (χ3n) is 4.27. The molecule has 0 unspecified atom stereocenters. The van der Waals surface area contributed by atoms with E-state index >= 15 is 0 Å². The molecule has 3 rings (SSSR count). The van der Waals surface area contributed by atoms with Crippen LogP contribution in [0.15, 0.2) is 6.33 Å². The fraction of sp³-hybridized carbons (Fsp3) is 0.786. The van der Waals surface area contributed by atoms with E-state index in [4.69, 9.17) is 0 Å². The molecule has 2 saturated heterocycles. The Bertz CT molecular complexity index is 503. The van der Waals surface area contributed by atoms with E-state index in [0.717, 1.165) is 26.2 Å². The summed E-state index contributed by atoms with van der Waals surface area (Å²) in [5.74, 6) is 0.999. The lowest BCUT2D eigenvalue weighted by molar-refractivity contribution is 0.00929. The zero-order valence-corrected chi connectivity index (χ0v) is 12.5. The summed E-state index contributed by atoms with van der Waals surface area (Å²) in [6.07, 6.45) is 2.78. The maximum absolute atomic E-state index is 12.2. The van der Waals surface area contributed by atoms with Crippen LogP contribution in [0.4, 0.5) is 0 Å². The van der Waals surface area contributed by atoms with Gasteiger partial charge in [0.25, 0.3) is 5.91 Å². The summed E-state index contributed by atoms with van der Waals surface area (Å²) in [6.45, 7) is 9.70. The molecule has 0 aliphatic carbocycles. The van der Waals surface area contributed by atoms with Crippen LogP contribution in [0.5, 0.6) is 0 Å². The lowest BCUT2D eigenvalue weighted by Gasteiger charge is -2.47. The highest BCUT2D eigenvalue weighted by molar-refractivity contribution is 5.91. The molecule has 1 amide bonds. The molecule has 2 fully saturated rings. The Hall–Kier alpha value is -1.43. The average molecular weight is 277 g/mol. The predicted octanol–water partition coefficient (Wildman–Crippen LogP) is 0.619. The van der Waals surface area contributed by atoms with Gasteiger partial charge in [-0.1, -0.05) is 13.8 Å². The summed E-state index contributed by atoms with van der Waals surface area (Å²) >= 11 is 0. The van der Waals surface area contributed by atoms with Crippen LogP contribution in [-0.4, -0.2) is 63.2 Å². The zero-order chi connectivity index (χ0) is 14.3. The minimum atomic E-state index is -0.0291. The highest BCUT2D eigenvalue weighted by atomic mass is 16.2. The Morgan fingerprint density at radius 2 is 2.15 bits per heavy atom. The summed E-state index contributed by atoms with van der Waals surface area (Å²) in [4.78, 5) is 20.7. The van der Waals surface area contributed by atoms with Gasteiger partial charge in [-0.25, -0.2) is 4.98 Å². The van der Waals surface area contributed by atoms with Crippen LogP contribution in [0.1, 0.15) is 30.9 Å². The molecule has 20 heavy (non-hydrogen) atoms. The van der Waals surface area contributed by atoms with Crippen molar-refractivity contribution >= 4 is 5.91 Å². The normalized spacial score (nSPS) is 21.7. The molecule has 3 heterocycles. The Morgan fingerprint density at radius 3 is 2.75 bits per heavy atom. The molecule has 0 saturated carbocycles. The van der Waals surface area contributed by atoms with Crippen LogP contribution in [0.3, 0.4) is 0 Å². The molecule has 0 N–H and O–H groups in total. The number of hydrogen-bond acceptors (Lipinski definition) is 4. The minimum Gasteiger partial charge on any atom is -0.335 e. The molecule has 110 valence electrons. The van der Waals surface area contributed by atoms with Crippen LogP contribution in [0.2, 0.25) is 0 Å². The maximum Gasteiger partial charge on any atom is 0.293 e. The SMILES string of the molecule is CC(C)CN1CCC2(C1)CN(C(=O)c1ncn(C)n1)C2. The Balaban J connectivity index is 1.55. The van der Waals surface area contributed by atoms with Gasteiger partial charge in [0, 0.05) is 38.6 Å². The van der Waals surface area contributed by atoms with Crippen molar-refractivity contribution in [1.29, 1.82) is 0 Å². The van der Waals surface area contributed by atoms with Gasteiger partial charge in [0.05, 0.1) is 0 Å². The molecule has 0 aromatic carbocycles. The number of nitrogens with zero attached hydrogens (tertiary/aromatic N) is 5. The Morgan fingerprint density at radius 1 is 1.40 bits per heavy atom. The average Bonchev–Trinajstić information content (AvgIpc) is 2.92.